The van der Waals surface area contributed by atoms with Crippen LogP contribution < -0.4 is 0 Å². The molecule has 0 amide bonds. The van der Waals surface area contributed by atoms with Gasteiger partial charge in [-0.15, -0.1) is 11.6 Å². The molecule has 0 aliphatic carbocycles. The number of hydrogen-bond donors (Lipinski definition) is 0. The predicted octanol–water partition coefficient (Wildman–Crippen LogP) is 3.86. The molecule has 1 heterocycles. The highest BCUT2D eigenvalue weighted by Crippen LogP contribution is 2.31. The van der Waals surface area contributed by atoms with E-state index < -0.39 is 5.41 Å². The fourth-order valence-corrected chi connectivity index (χ4v) is 2.53. The maximum absolute atomic E-state index is 9.57. The molecule has 5 heteroatoms. The Morgan fingerprint density at radius 1 is 1.41 bits per heavy atom. The Morgan fingerprint density at radius 3 is 2.73 bits per heavy atom. The molecule has 4 nitrogen and oxygen atoms in total. The zero-order chi connectivity index (χ0) is 16.2. The summed E-state index contributed by atoms with van der Waals surface area (Å²) >= 11 is 6.02. The number of aromatic nitrogens is 3. The second-order valence-electron chi connectivity index (χ2n) is 5.91. The number of hydrogen-bond acceptors (Lipinski definition) is 3. The lowest BCUT2D eigenvalue weighted by molar-refractivity contribution is 0.583. The van der Waals surface area contributed by atoms with Crippen LogP contribution in [0.2, 0.25) is 0 Å². The van der Waals surface area contributed by atoms with Gasteiger partial charge in [-0.1, -0.05) is 32.0 Å². The van der Waals surface area contributed by atoms with Crippen molar-refractivity contribution in [2.45, 2.75) is 45.1 Å². The minimum absolute atomic E-state index is 0.246. The summed E-state index contributed by atoms with van der Waals surface area (Å²) in [5.74, 6) is 0.803. The van der Waals surface area contributed by atoms with Gasteiger partial charge in [0.05, 0.1) is 18.0 Å². The number of benzene rings is 1. The van der Waals surface area contributed by atoms with E-state index >= 15 is 0 Å². The zero-order valence-corrected chi connectivity index (χ0v) is 14.0. The van der Waals surface area contributed by atoms with Gasteiger partial charge < -0.3 is 0 Å². The zero-order valence-electron chi connectivity index (χ0n) is 13.3. The van der Waals surface area contributed by atoms with E-state index in [-0.39, 0.29) is 5.92 Å². The Morgan fingerprint density at radius 2 is 2.18 bits per heavy atom. The Balaban J connectivity index is 2.47. The molecule has 116 valence electrons. The van der Waals surface area contributed by atoms with Crippen molar-refractivity contribution in [1.82, 2.24) is 14.8 Å². The number of nitriles is 1. The molecule has 0 saturated heterocycles. The van der Waals surface area contributed by atoms with Crippen LogP contribution in [-0.2, 0) is 12.0 Å². The van der Waals surface area contributed by atoms with Crippen LogP contribution >= 0.6 is 11.6 Å². The molecule has 1 aromatic carbocycles. The highest BCUT2D eigenvalue weighted by atomic mass is 35.5. The van der Waals surface area contributed by atoms with Crippen LogP contribution in [-0.4, -0.2) is 20.6 Å². The van der Waals surface area contributed by atoms with Gasteiger partial charge >= 0.3 is 0 Å². The summed E-state index contributed by atoms with van der Waals surface area (Å²) in [6.07, 6.45) is 3.99. The van der Waals surface area contributed by atoms with Crippen LogP contribution in [0, 0.1) is 11.3 Å². The molecular weight excluding hydrogens is 296 g/mol. The van der Waals surface area contributed by atoms with E-state index in [1.54, 1.807) is 11.0 Å². The van der Waals surface area contributed by atoms with E-state index in [1.165, 1.54) is 6.33 Å². The molecule has 0 saturated carbocycles. The van der Waals surface area contributed by atoms with Crippen molar-refractivity contribution in [3.63, 3.8) is 0 Å². The topological polar surface area (TPSA) is 54.5 Å². The van der Waals surface area contributed by atoms with Gasteiger partial charge in [0.15, 0.2) is 0 Å². The third-order valence-electron chi connectivity index (χ3n) is 4.22. The molecular formula is C17H21ClN4. The van der Waals surface area contributed by atoms with Crippen LogP contribution in [0.4, 0.5) is 0 Å². The lowest BCUT2D eigenvalue weighted by atomic mass is 9.79. The second kappa shape index (κ2) is 6.93. The molecule has 1 aromatic heterocycles. The fourth-order valence-electron chi connectivity index (χ4n) is 2.35. The van der Waals surface area contributed by atoms with Gasteiger partial charge in [0, 0.05) is 5.88 Å². The average Bonchev–Trinajstić information content (AvgIpc) is 3.05. The van der Waals surface area contributed by atoms with Gasteiger partial charge in [-0.05, 0) is 36.0 Å². The maximum atomic E-state index is 9.57. The molecule has 2 unspecified atom stereocenters. The number of alkyl halides is 1. The van der Waals surface area contributed by atoms with Crippen LogP contribution in [0.5, 0.6) is 0 Å². The molecule has 2 atom stereocenters. The first-order valence-electron chi connectivity index (χ1n) is 7.46. The average molecular weight is 317 g/mol. The van der Waals surface area contributed by atoms with Crippen molar-refractivity contribution in [1.29, 1.82) is 5.26 Å². The Bertz CT molecular complexity index is 660. The van der Waals surface area contributed by atoms with Gasteiger partial charge in [-0.2, -0.15) is 10.4 Å². The third kappa shape index (κ3) is 3.48. The predicted molar refractivity (Wildman–Crippen MR) is 88.0 cm³/mol. The summed E-state index contributed by atoms with van der Waals surface area (Å²) in [6, 6.07) is 8.80. The number of rotatable bonds is 6. The van der Waals surface area contributed by atoms with Crippen LogP contribution in [0.1, 0.15) is 49.8 Å². The monoisotopic (exact) mass is 316 g/mol. The van der Waals surface area contributed by atoms with E-state index in [0.717, 1.165) is 23.1 Å². The Hall–Kier alpha value is -1.86. The summed E-state index contributed by atoms with van der Waals surface area (Å²) in [5, 5.41) is 13.7. The van der Waals surface area contributed by atoms with Crippen molar-refractivity contribution >= 4 is 11.6 Å². The Labute approximate surface area is 136 Å². The molecule has 0 bridgehead atoms. The quantitative estimate of drug-likeness (QED) is 0.760. The van der Waals surface area contributed by atoms with Gasteiger partial charge in [0.1, 0.15) is 12.7 Å². The summed E-state index contributed by atoms with van der Waals surface area (Å²) in [4.78, 5) is 3.97. The summed E-state index contributed by atoms with van der Waals surface area (Å²) in [7, 11) is 0. The molecule has 0 fully saturated rings. The van der Waals surface area contributed by atoms with Crippen molar-refractivity contribution in [3.8, 4) is 6.07 Å². The van der Waals surface area contributed by atoms with Gasteiger partial charge in [0.25, 0.3) is 0 Å². The van der Waals surface area contributed by atoms with Crippen molar-refractivity contribution in [2.24, 2.45) is 0 Å². The minimum atomic E-state index is -0.487. The number of halogens is 1. The number of nitrogens with zero attached hydrogens (tertiary/aromatic N) is 4. The highest BCUT2D eigenvalue weighted by molar-refractivity contribution is 6.18. The van der Waals surface area contributed by atoms with Crippen LogP contribution in [0.15, 0.2) is 30.9 Å². The standard InChI is InChI=1S/C17H21ClN4/c1-4-17(3,10-19)16-6-14(9-22-12-20-11-21-22)5-15(7-16)13(2)8-18/h5-7,11-13H,4,8-9H2,1-3H3. The first-order chi connectivity index (χ1) is 10.5. The molecule has 0 N–H and O–H groups in total. The van der Waals surface area contributed by atoms with Gasteiger partial charge in [0.2, 0.25) is 0 Å². The van der Waals surface area contributed by atoms with Gasteiger partial charge in [-0.25, -0.2) is 9.67 Å². The van der Waals surface area contributed by atoms with Crippen molar-refractivity contribution < 1.29 is 0 Å². The van der Waals surface area contributed by atoms with E-state index in [1.807, 2.05) is 13.8 Å². The molecule has 22 heavy (non-hydrogen) atoms. The van der Waals surface area contributed by atoms with Crippen LogP contribution in [0.25, 0.3) is 0 Å². The second-order valence-corrected chi connectivity index (χ2v) is 6.22. The Kier molecular flexibility index (Phi) is 5.20. The van der Waals surface area contributed by atoms with E-state index in [0.29, 0.717) is 12.4 Å². The molecule has 0 aliphatic rings. The van der Waals surface area contributed by atoms with E-state index in [9.17, 15) is 5.26 Å². The van der Waals surface area contributed by atoms with E-state index in [4.69, 9.17) is 11.6 Å². The summed E-state index contributed by atoms with van der Waals surface area (Å²) < 4.78 is 1.78. The van der Waals surface area contributed by atoms with Gasteiger partial charge in [-0.3, -0.25) is 0 Å². The van der Waals surface area contributed by atoms with E-state index in [2.05, 4.69) is 41.3 Å². The largest absolute Gasteiger partial charge is 0.249 e. The molecule has 0 aliphatic heterocycles. The van der Waals surface area contributed by atoms with Crippen molar-refractivity contribution in [3.05, 3.63) is 47.5 Å². The molecule has 0 radical (unpaired) electrons. The summed E-state index contributed by atoms with van der Waals surface area (Å²) in [6.45, 7) is 6.76. The fraction of sp³-hybridized carbons (Fsp3) is 0.471. The molecule has 0 spiro atoms. The van der Waals surface area contributed by atoms with Crippen molar-refractivity contribution in [2.75, 3.05) is 5.88 Å². The van der Waals surface area contributed by atoms with Crippen LogP contribution in [0.3, 0.4) is 0 Å². The lowest BCUT2D eigenvalue weighted by Crippen LogP contribution is -2.19. The minimum Gasteiger partial charge on any atom is -0.249 e. The smallest absolute Gasteiger partial charge is 0.137 e. The normalized spacial score (nSPS) is 15.0. The highest BCUT2D eigenvalue weighted by Gasteiger charge is 2.25. The third-order valence-corrected chi connectivity index (χ3v) is 4.68. The summed E-state index contributed by atoms with van der Waals surface area (Å²) in [5.41, 5.74) is 2.84. The lowest BCUT2D eigenvalue weighted by Gasteiger charge is -2.23. The SMILES string of the molecule is CCC(C)(C#N)c1cc(Cn2cncn2)cc(C(C)CCl)c1. The molecule has 2 aromatic rings. The molecule has 2 rings (SSSR count). The maximum Gasteiger partial charge on any atom is 0.137 e. The first-order valence-corrected chi connectivity index (χ1v) is 7.99. The first kappa shape index (κ1) is 16.5.